The maximum absolute atomic E-state index is 13.6. The van der Waals surface area contributed by atoms with E-state index in [-0.39, 0.29) is 24.9 Å². The fourth-order valence-electron chi connectivity index (χ4n) is 2.38. The summed E-state index contributed by atoms with van der Waals surface area (Å²) in [5.74, 6) is -2.10. The van der Waals surface area contributed by atoms with Crippen LogP contribution in [0.25, 0.3) is 0 Å². The Morgan fingerprint density at radius 2 is 2.00 bits per heavy atom. The average Bonchev–Trinajstić information content (AvgIpc) is 3.00. The van der Waals surface area contributed by atoms with Crippen molar-refractivity contribution in [1.29, 1.82) is 0 Å². The first-order valence-electron chi connectivity index (χ1n) is 7.28. The van der Waals surface area contributed by atoms with Crippen molar-refractivity contribution in [2.45, 2.75) is 18.8 Å². The SMILES string of the molecule is [O]C(CCN(CCO)CC1OCCO1)c1cccc(F)c1F. The molecule has 22 heavy (non-hydrogen) atoms. The van der Waals surface area contributed by atoms with E-state index >= 15 is 0 Å². The van der Waals surface area contributed by atoms with E-state index in [1.165, 1.54) is 12.1 Å². The largest absolute Gasteiger partial charge is 0.395 e. The molecule has 0 saturated carbocycles. The Balaban J connectivity index is 1.88. The molecule has 0 spiro atoms. The molecule has 1 radical (unpaired) electrons. The van der Waals surface area contributed by atoms with Gasteiger partial charge in [-0.05, 0) is 12.5 Å². The number of ether oxygens (including phenoxy) is 2. The van der Waals surface area contributed by atoms with Crippen LogP contribution in [0.2, 0.25) is 0 Å². The second-order valence-electron chi connectivity index (χ2n) is 5.12. The van der Waals surface area contributed by atoms with Crippen molar-refractivity contribution in [1.82, 2.24) is 4.90 Å². The number of nitrogens with zero attached hydrogens (tertiary/aromatic N) is 1. The molecular weight excluding hydrogens is 296 g/mol. The molecular formula is C15H20F2NO4. The molecule has 1 fully saturated rings. The highest BCUT2D eigenvalue weighted by atomic mass is 19.2. The maximum Gasteiger partial charge on any atom is 0.170 e. The molecule has 7 heteroatoms. The van der Waals surface area contributed by atoms with Gasteiger partial charge in [-0.2, -0.15) is 0 Å². The molecule has 1 aromatic carbocycles. The highest BCUT2D eigenvalue weighted by molar-refractivity contribution is 5.21. The molecule has 1 saturated heterocycles. The molecule has 5 nitrogen and oxygen atoms in total. The van der Waals surface area contributed by atoms with Gasteiger partial charge in [0.25, 0.3) is 0 Å². The van der Waals surface area contributed by atoms with Gasteiger partial charge in [-0.15, -0.1) is 0 Å². The Kier molecular flexibility index (Phi) is 6.66. The first-order chi connectivity index (χ1) is 10.6. The van der Waals surface area contributed by atoms with Gasteiger partial charge in [-0.25, -0.2) is 13.9 Å². The number of hydrogen-bond acceptors (Lipinski definition) is 4. The van der Waals surface area contributed by atoms with Crippen molar-refractivity contribution in [3.05, 3.63) is 35.4 Å². The monoisotopic (exact) mass is 316 g/mol. The fraction of sp³-hybridized carbons (Fsp3) is 0.600. The average molecular weight is 316 g/mol. The summed E-state index contributed by atoms with van der Waals surface area (Å²) in [6.45, 7) is 2.12. The van der Waals surface area contributed by atoms with Crippen LogP contribution in [0.3, 0.4) is 0 Å². The third-order valence-corrected chi connectivity index (χ3v) is 3.55. The summed E-state index contributed by atoms with van der Waals surface area (Å²) in [5.41, 5.74) is -0.169. The standard InChI is InChI=1S/C15H20F2NO4/c16-12-3-1-2-11(15(12)17)13(20)4-5-18(6-7-19)10-14-21-8-9-22-14/h1-3,13-14,19H,4-10H2. The summed E-state index contributed by atoms with van der Waals surface area (Å²) >= 11 is 0. The predicted molar refractivity (Wildman–Crippen MR) is 73.6 cm³/mol. The lowest BCUT2D eigenvalue weighted by Crippen LogP contribution is -2.36. The number of aliphatic hydroxyl groups excluding tert-OH is 1. The first-order valence-corrected chi connectivity index (χ1v) is 7.28. The summed E-state index contributed by atoms with van der Waals surface area (Å²) in [6.07, 6.45) is -1.63. The van der Waals surface area contributed by atoms with Crippen LogP contribution in [0.15, 0.2) is 18.2 Å². The number of halogens is 2. The normalized spacial score (nSPS) is 17.3. The van der Waals surface area contributed by atoms with E-state index in [0.29, 0.717) is 32.8 Å². The van der Waals surface area contributed by atoms with Gasteiger partial charge in [0.1, 0.15) is 6.10 Å². The van der Waals surface area contributed by atoms with Crippen molar-refractivity contribution in [2.75, 3.05) is 39.5 Å². The van der Waals surface area contributed by atoms with Gasteiger partial charge in [0, 0.05) is 25.2 Å². The summed E-state index contributed by atoms with van der Waals surface area (Å²) in [6, 6.07) is 3.61. The van der Waals surface area contributed by atoms with Crippen molar-refractivity contribution in [2.24, 2.45) is 0 Å². The van der Waals surface area contributed by atoms with E-state index in [9.17, 15) is 13.9 Å². The van der Waals surface area contributed by atoms with Gasteiger partial charge in [0.2, 0.25) is 0 Å². The van der Waals surface area contributed by atoms with Crippen LogP contribution < -0.4 is 0 Å². The number of hydrogen-bond donors (Lipinski definition) is 1. The van der Waals surface area contributed by atoms with Crippen molar-refractivity contribution < 1.29 is 28.5 Å². The minimum absolute atomic E-state index is 0.0649. The van der Waals surface area contributed by atoms with E-state index in [2.05, 4.69) is 0 Å². The Labute approximate surface area is 128 Å². The van der Waals surface area contributed by atoms with E-state index in [0.717, 1.165) is 6.07 Å². The van der Waals surface area contributed by atoms with Gasteiger partial charge in [0.05, 0.1) is 19.8 Å². The lowest BCUT2D eigenvalue weighted by Gasteiger charge is -2.24. The van der Waals surface area contributed by atoms with Crippen molar-refractivity contribution >= 4 is 0 Å². The molecule has 0 amide bonds. The zero-order valence-electron chi connectivity index (χ0n) is 12.2. The molecule has 1 atom stereocenters. The second-order valence-corrected chi connectivity index (χ2v) is 5.12. The molecule has 1 aliphatic heterocycles. The number of rotatable bonds is 8. The van der Waals surface area contributed by atoms with Crippen LogP contribution in [0.5, 0.6) is 0 Å². The molecule has 1 aromatic rings. The van der Waals surface area contributed by atoms with Gasteiger partial charge in [-0.1, -0.05) is 12.1 Å². The Hall–Kier alpha value is -1.12. The third-order valence-electron chi connectivity index (χ3n) is 3.55. The molecule has 1 unspecified atom stereocenters. The van der Waals surface area contributed by atoms with Gasteiger partial charge in [0.15, 0.2) is 17.9 Å². The highest BCUT2D eigenvalue weighted by Gasteiger charge is 2.22. The van der Waals surface area contributed by atoms with Crippen LogP contribution in [-0.2, 0) is 14.6 Å². The summed E-state index contributed by atoms with van der Waals surface area (Å²) < 4.78 is 37.4. The van der Waals surface area contributed by atoms with Gasteiger partial charge in [-0.3, -0.25) is 4.90 Å². The van der Waals surface area contributed by atoms with E-state index in [4.69, 9.17) is 14.6 Å². The lowest BCUT2D eigenvalue weighted by molar-refractivity contribution is -0.0656. The Morgan fingerprint density at radius 1 is 1.27 bits per heavy atom. The fourth-order valence-corrected chi connectivity index (χ4v) is 2.38. The Morgan fingerprint density at radius 3 is 2.68 bits per heavy atom. The molecule has 123 valence electrons. The smallest absolute Gasteiger partial charge is 0.170 e. The molecule has 1 N–H and O–H groups in total. The summed E-state index contributed by atoms with van der Waals surface area (Å²) in [5, 5.41) is 21.2. The molecule has 2 rings (SSSR count). The predicted octanol–water partition coefficient (Wildman–Crippen LogP) is 1.49. The summed E-state index contributed by atoms with van der Waals surface area (Å²) in [7, 11) is 0. The van der Waals surface area contributed by atoms with Gasteiger partial charge >= 0.3 is 0 Å². The lowest BCUT2D eigenvalue weighted by atomic mass is 10.1. The van der Waals surface area contributed by atoms with Crippen LogP contribution in [0.1, 0.15) is 18.1 Å². The maximum atomic E-state index is 13.6. The first kappa shape index (κ1) is 17.2. The van der Waals surface area contributed by atoms with E-state index in [1.807, 2.05) is 4.90 Å². The highest BCUT2D eigenvalue weighted by Crippen LogP contribution is 2.23. The van der Waals surface area contributed by atoms with E-state index in [1.54, 1.807) is 0 Å². The summed E-state index contributed by atoms with van der Waals surface area (Å²) in [4.78, 5) is 1.82. The minimum atomic E-state index is -1.36. The third kappa shape index (κ3) is 4.69. The van der Waals surface area contributed by atoms with Crippen LogP contribution >= 0.6 is 0 Å². The minimum Gasteiger partial charge on any atom is -0.395 e. The zero-order chi connectivity index (χ0) is 15.9. The number of aliphatic hydroxyl groups is 1. The van der Waals surface area contributed by atoms with Crippen molar-refractivity contribution in [3.8, 4) is 0 Å². The topological polar surface area (TPSA) is 61.8 Å². The molecule has 1 heterocycles. The van der Waals surface area contributed by atoms with Crippen LogP contribution in [-0.4, -0.2) is 55.8 Å². The molecule has 0 aliphatic carbocycles. The zero-order valence-corrected chi connectivity index (χ0v) is 12.2. The Bertz CT molecular complexity index is 469. The quantitative estimate of drug-likeness (QED) is 0.789. The van der Waals surface area contributed by atoms with Crippen LogP contribution in [0.4, 0.5) is 8.78 Å². The van der Waals surface area contributed by atoms with Crippen LogP contribution in [0, 0.1) is 11.6 Å². The van der Waals surface area contributed by atoms with Crippen molar-refractivity contribution in [3.63, 3.8) is 0 Å². The molecule has 0 aromatic heterocycles. The molecule has 0 bridgehead atoms. The molecule has 1 aliphatic rings. The van der Waals surface area contributed by atoms with E-state index < -0.39 is 17.7 Å². The van der Waals surface area contributed by atoms with Gasteiger partial charge < -0.3 is 14.6 Å². The second kappa shape index (κ2) is 8.50. The number of benzene rings is 1.